The maximum Gasteiger partial charge on any atom is 0.245 e. The molecule has 92 valence electrons. The summed E-state index contributed by atoms with van der Waals surface area (Å²) in [5, 5.41) is 5.60. The molecule has 2 heterocycles. The second-order valence-corrected chi connectivity index (χ2v) is 5.86. The molecule has 2 rings (SSSR count). The van der Waals surface area contributed by atoms with Crippen molar-refractivity contribution >= 4 is 21.4 Å². The van der Waals surface area contributed by atoms with Crippen LogP contribution in [-0.2, 0) is 16.4 Å². The van der Waals surface area contributed by atoms with Crippen LogP contribution in [0.15, 0.2) is 16.9 Å². The fraction of sp³-hybridized carbons (Fsp3) is 0.375. The first kappa shape index (κ1) is 12.0. The van der Waals surface area contributed by atoms with E-state index in [4.69, 9.17) is 4.74 Å². The maximum atomic E-state index is 11.4. The van der Waals surface area contributed by atoms with Crippen LogP contribution in [0.2, 0.25) is 0 Å². The molecule has 0 saturated heterocycles. The summed E-state index contributed by atoms with van der Waals surface area (Å²) in [7, 11) is -1.87. The normalized spacial score (nSPS) is 11.6. The Kier molecular flexibility index (Phi) is 3.11. The average Bonchev–Trinajstić information content (AvgIpc) is 2.85. The lowest BCUT2D eigenvalue weighted by Crippen LogP contribution is -2.11. The first-order valence-corrected chi connectivity index (χ1v) is 7.30. The minimum absolute atomic E-state index is 0.0641. The van der Waals surface area contributed by atoms with Gasteiger partial charge in [-0.15, -0.1) is 0 Å². The molecule has 0 saturated carbocycles. The second-order valence-electron chi connectivity index (χ2n) is 3.32. The van der Waals surface area contributed by atoms with Gasteiger partial charge in [-0.25, -0.2) is 18.1 Å². The van der Waals surface area contributed by atoms with E-state index in [-0.39, 0.29) is 11.7 Å². The quantitative estimate of drug-likeness (QED) is 0.791. The molecule has 7 nitrogen and oxygen atoms in total. The summed E-state index contributed by atoms with van der Waals surface area (Å²) in [5.74, 6) is 0.477. The highest BCUT2D eigenvalue weighted by molar-refractivity contribution is 7.90. The third-order valence-corrected chi connectivity index (χ3v) is 3.67. The number of hydrogen-bond donors (Lipinski definition) is 0. The summed E-state index contributed by atoms with van der Waals surface area (Å²) < 4.78 is 33.2. The Morgan fingerprint density at radius 3 is 2.94 bits per heavy atom. The molecule has 0 aromatic carbocycles. The van der Waals surface area contributed by atoms with Crippen molar-refractivity contribution in [1.82, 2.24) is 19.1 Å². The number of hydrogen-bond acceptors (Lipinski definition) is 7. The summed E-state index contributed by atoms with van der Waals surface area (Å²) in [4.78, 5) is 3.73. The molecule has 0 amide bonds. The van der Waals surface area contributed by atoms with E-state index in [9.17, 15) is 8.42 Å². The Morgan fingerprint density at radius 2 is 2.29 bits per heavy atom. The van der Waals surface area contributed by atoms with Gasteiger partial charge in [0.1, 0.15) is 6.33 Å². The van der Waals surface area contributed by atoms with E-state index in [2.05, 4.69) is 14.5 Å². The van der Waals surface area contributed by atoms with E-state index in [1.807, 2.05) is 0 Å². The third kappa shape index (κ3) is 2.44. The minimum Gasteiger partial charge on any atom is -0.480 e. The lowest BCUT2D eigenvalue weighted by Gasteiger charge is -2.04. The predicted octanol–water partition coefficient (Wildman–Crippen LogP) is 0.195. The fourth-order valence-corrected chi connectivity index (χ4v) is 2.71. The van der Waals surface area contributed by atoms with Crippen molar-refractivity contribution in [2.24, 2.45) is 0 Å². The minimum atomic E-state index is -3.38. The number of nitrogens with zero attached hydrogens (tertiary/aromatic N) is 4. The summed E-state index contributed by atoms with van der Waals surface area (Å²) in [5.41, 5.74) is 0.771. The largest absolute Gasteiger partial charge is 0.480 e. The van der Waals surface area contributed by atoms with E-state index in [0.717, 1.165) is 11.8 Å². The van der Waals surface area contributed by atoms with E-state index in [1.54, 1.807) is 5.38 Å². The second kappa shape index (κ2) is 4.41. The molecular formula is C8H10N4O3S2. The highest BCUT2D eigenvalue weighted by atomic mass is 32.2. The van der Waals surface area contributed by atoms with Crippen LogP contribution >= 0.6 is 11.5 Å². The van der Waals surface area contributed by atoms with E-state index < -0.39 is 9.84 Å². The zero-order valence-corrected chi connectivity index (χ0v) is 10.8. The van der Waals surface area contributed by atoms with E-state index in [1.165, 1.54) is 29.7 Å². The topological polar surface area (TPSA) is 87.0 Å². The highest BCUT2D eigenvalue weighted by Crippen LogP contribution is 2.20. The molecule has 0 radical (unpaired) electrons. The fourth-order valence-electron chi connectivity index (χ4n) is 1.33. The molecule has 0 spiro atoms. The summed E-state index contributed by atoms with van der Waals surface area (Å²) in [6.07, 6.45) is 2.30. The van der Waals surface area contributed by atoms with Gasteiger partial charge in [-0.2, -0.15) is 9.47 Å². The molecule has 0 N–H and O–H groups in total. The molecule has 0 unspecified atom stereocenters. The van der Waals surface area contributed by atoms with Gasteiger partial charge < -0.3 is 4.74 Å². The SMILES string of the molecule is COc1nscc1Cn1ncnc1S(C)(=O)=O. The maximum absolute atomic E-state index is 11.4. The molecule has 0 atom stereocenters. The van der Waals surface area contributed by atoms with Crippen LogP contribution in [0.1, 0.15) is 5.56 Å². The van der Waals surface area contributed by atoms with Crippen LogP contribution in [0.5, 0.6) is 5.88 Å². The molecule has 2 aromatic rings. The van der Waals surface area contributed by atoms with Crippen LogP contribution in [-0.4, -0.2) is 40.9 Å². The summed E-state index contributed by atoms with van der Waals surface area (Å²) in [6, 6.07) is 0. The third-order valence-electron chi connectivity index (χ3n) is 2.03. The molecule has 9 heteroatoms. The van der Waals surface area contributed by atoms with Crippen LogP contribution in [0.25, 0.3) is 0 Å². The van der Waals surface area contributed by atoms with Crippen molar-refractivity contribution in [1.29, 1.82) is 0 Å². The molecular weight excluding hydrogens is 264 g/mol. The molecule has 0 aliphatic heterocycles. The van der Waals surface area contributed by atoms with Crippen molar-refractivity contribution in [3.8, 4) is 5.88 Å². The standard InChI is InChI=1S/C8H10N4O3S2/c1-15-7-6(4-16-11-7)3-12-8(9-5-10-12)17(2,13)14/h4-5H,3H2,1-2H3. The van der Waals surface area contributed by atoms with Crippen LogP contribution in [0.3, 0.4) is 0 Å². The Hall–Kier alpha value is -1.48. The smallest absolute Gasteiger partial charge is 0.245 e. The van der Waals surface area contributed by atoms with Gasteiger partial charge in [-0.3, -0.25) is 0 Å². The number of sulfone groups is 1. The Bertz CT molecular complexity index is 616. The van der Waals surface area contributed by atoms with Crippen molar-refractivity contribution in [2.45, 2.75) is 11.7 Å². The monoisotopic (exact) mass is 274 g/mol. The highest BCUT2D eigenvalue weighted by Gasteiger charge is 2.17. The van der Waals surface area contributed by atoms with Gasteiger partial charge in [0.15, 0.2) is 0 Å². The zero-order valence-electron chi connectivity index (χ0n) is 9.19. The van der Waals surface area contributed by atoms with Crippen LogP contribution < -0.4 is 4.74 Å². The molecule has 2 aromatic heterocycles. The van der Waals surface area contributed by atoms with E-state index in [0.29, 0.717) is 5.88 Å². The summed E-state index contributed by atoms with van der Waals surface area (Å²) in [6.45, 7) is 0.266. The zero-order chi connectivity index (χ0) is 12.5. The first-order chi connectivity index (χ1) is 8.02. The Morgan fingerprint density at radius 1 is 1.53 bits per heavy atom. The van der Waals surface area contributed by atoms with Gasteiger partial charge in [-0.1, -0.05) is 0 Å². The number of aromatic nitrogens is 4. The van der Waals surface area contributed by atoms with Gasteiger partial charge >= 0.3 is 0 Å². The van der Waals surface area contributed by atoms with Gasteiger partial charge in [0.05, 0.1) is 13.7 Å². The molecule has 0 bridgehead atoms. The molecule has 0 fully saturated rings. The van der Waals surface area contributed by atoms with Crippen molar-refractivity contribution in [2.75, 3.05) is 13.4 Å². The molecule has 0 aliphatic rings. The van der Waals surface area contributed by atoms with Gasteiger partial charge in [-0.05, 0) is 11.5 Å². The van der Waals surface area contributed by atoms with Crippen LogP contribution in [0.4, 0.5) is 0 Å². The van der Waals surface area contributed by atoms with Crippen molar-refractivity contribution in [3.63, 3.8) is 0 Å². The summed E-state index contributed by atoms with van der Waals surface area (Å²) >= 11 is 1.24. The lowest BCUT2D eigenvalue weighted by molar-refractivity contribution is 0.394. The first-order valence-electron chi connectivity index (χ1n) is 4.57. The molecule has 0 aliphatic carbocycles. The Balaban J connectivity index is 2.35. The van der Waals surface area contributed by atoms with Gasteiger partial charge in [0.25, 0.3) is 0 Å². The number of ether oxygens (including phenoxy) is 1. The average molecular weight is 274 g/mol. The number of methoxy groups -OCH3 is 1. The van der Waals surface area contributed by atoms with Crippen molar-refractivity contribution < 1.29 is 13.2 Å². The lowest BCUT2D eigenvalue weighted by atomic mass is 10.3. The molecule has 17 heavy (non-hydrogen) atoms. The predicted molar refractivity (Wildman–Crippen MR) is 60.9 cm³/mol. The number of rotatable bonds is 4. The van der Waals surface area contributed by atoms with Crippen molar-refractivity contribution in [3.05, 3.63) is 17.3 Å². The van der Waals surface area contributed by atoms with E-state index >= 15 is 0 Å². The van der Waals surface area contributed by atoms with Gasteiger partial charge in [0.2, 0.25) is 20.9 Å². The van der Waals surface area contributed by atoms with Crippen LogP contribution in [0, 0.1) is 0 Å². The van der Waals surface area contributed by atoms with Gasteiger partial charge in [0, 0.05) is 17.2 Å². The Labute approximate surface area is 102 Å².